The number of hydrogen-bond acceptors (Lipinski definition) is 5. The molecule has 5 rings (SSSR count). The summed E-state index contributed by atoms with van der Waals surface area (Å²) in [6.07, 6.45) is 6.84. The van der Waals surface area contributed by atoms with Crippen LogP contribution in [0.15, 0.2) is 42.7 Å². The summed E-state index contributed by atoms with van der Waals surface area (Å²) in [5, 5.41) is 0. The molecule has 3 aliphatic heterocycles. The molecule has 190 valence electrons. The summed E-state index contributed by atoms with van der Waals surface area (Å²) >= 11 is 0. The number of nitrogens with zero attached hydrogens (tertiary/aromatic N) is 5. The van der Waals surface area contributed by atoms with Crippen LogP contribution in [0, 0.1) is 0 Å². The van der Waals surface area contributed by atoms with E-state index in [0.717, 1.165) is 42.7 Å². The smallest absolute Gasteiger partial charge is 0.310 e. The molecule has 0 aliphatic carbocycles. The van der Waals surface area contributed by atoms with Crippen LogP contribution in [0.25, 0.3) is 0 Å². The number of pyridine rings is 1. The van der Waals surface area contributed by atoms with Gasteiger partial charge in [-0.1, -0.05) is 26.3 Å². The zero-order valence-corrected chi connectivity index (χ0v) is 21.7. The molecule has 2 fully saturated rings. The largest absolute Gasteiger partial charge is 0.332 e. The fourth-order valence-corrected chi connectivity index (χ4v) is 5.64. The van der Waals surface area contributed by atoms with E-state index in [-0.39, 0.29) is 23.3 Å². The Morgan fingerprint density at radius 2 is 1.67 bits per heavy atom. The minimum absolute atomic E-state index is 0.0691. The lowest BCUT2D eigenvalue weighted by atomic mass is 9.87. The molecule has 0 N–H and O–H groups in total. The fourth-order valence-electron chi connectivity index (χ4n) is 5.64. The molecule has 1 aromatic carbocycles. The third-order valence-corrected chi connectivity index (χ3v) is 7.83. The molecule has 1 aromatic heterocycles. The summed E-state index contributed by atoms with van der Waals surface area (Å²) in [6, 6.07) is 8.99. The lowest BCUT2D eigenvalue weighted by Crippen LogP contribution is -2.43. The molecule has 3 aliphatic rings. The van der Waals surface area contributed by atoms with Gasteiger partial charge in [-0.2, -0.15) is 0 Å². The lowest BCUT2D eigenvalue weighted by Gasteiger charge is -2.28. The van der Waals surface area contributed by atoms with Crippen molar-refractivity contribution >= 4 is 29.2 Å². The van der Waals surface area contributed by atoms with Crippen molar-refractivity contribution < 1.29 is 14.4 Å². The first-order valence-corrected chi connectivity index (χ1v) is 12.8. The molecule has 4 amide bonds. The maximum atomic E-state index is 13.6. The highest BCUT2D eigenvalue weighted by molar-refractivity contribution is 6.23. The number of aromatic nitrogens is 1. The van der Waals surface area contributed by atoms with Crippen LogP contribution >= 0.6 is 0 Å². The van der Waals surface area contributed by atoms with E-state index in [4.69, 9.17) is 0 Å². The average molecular weight is 490 g/mol. The Bertz CT molecular complexity index is 1190. The predicted molar refractivity (Wildman–Crippen MR) is 139 cm³/mol. The summed E-state index contributed by atoms with van der Waals surface area (Å²) in [5.74, 6) is -0.204. The van der Waals surface area contributed by atoms with Crippen LogP contribution in [-0.4, -0.2) is 64.3 Å². The number of fused-ring (bicyclic) bond motifs is 1. The number of rotatable bonds is 5. The molecule has 2 saturated heterocycles. The minimum atomic E-state index is -0.998. The van der Waals surface area contributed by atoms with Crippen molar-refractivity contribution in [3.63, 3.8) is 0 Å². The van der Waals surface area contributed by atoms with Crippen LogP contribution in [-0.2, 0) is 21.5 Å². The second kappa shape index (κ2) is 9.00. The first kappa shape index (κ1) is 24.4. The van der Waals surface area contributed by atoms with E-state index >= 15 is 0 Å². The van der Waals surface area contributed by atoms with E-state index in [1.807, 2.05) is 35.2 Å². The molecule has 8 heteroatoms. The maximum absolute atomic E-state index is 13.6. The van der Waals surface area contributed by atoms with E-state index in [1.54, 1.807) is 31.1 Å². The second-order valence-corrected chi connectivity index (χ2v) is 11.3. The van der Waals surface area contributed by atoms with Crippen LogP contribution in [0.1, 0.15) is 58.1 Å². The summed E-state index contributed by atoms with van der Waals surface area (Å²) in [6.45, 7) is 11.0. The number of benzene rings is 1. The molecule has 8 nitrogen and oxygen atoms in total. The highest BCUT2D eigenvalue weighted by Crippen LogP contribution is 2.44. The van der Waals surface area contributed by atoms with E-state index in [9.17, 15) is 14.4 Å². The van der Waals surface area contributed by atoms with Gasteiger partial charge in [0, 0.05) is 36.6 Å². The zero-order valence-electron chi connectivity index (χ0n) is 21.7. The normalized spacial score (nSPS) is 21.3. The zero-order chi connectivity index (χ0) is 25.7. The Hall–Kier alpha value is -3.26. The number of likely N-dealkylation sites (tertiary alicyclic amines) is 1. The standard InChI is InChI=1S/C28H35N5O3/c1-27(2)19-31(24(34)18-30-14-6-5-7-15-30)23-16-21(8-9-22(23)27)33-25(35)28(3,4)32(26(33)36)17-20-10-12-29-13-11-20/h8-13,16H,5-7,14-15,17-19H2,1-4H3. The highest BCUT2D eigenvalue weighted by atomic mass is 16.2. The third-order valence-electron chi connectivity index (χ3n) is 7.83. The Morgan fingerprint density at radius 1 is 0.972 bits per heavy atom. The molecule has 36 heavy (non-hydrogen) atoms. The van der Waals surface area contributed by atoms with Gasteiger partial charge in [-0.05, 0) is 75.2 Å². The van der Waals surface area contributed by atoms with Crippen LogP contribution in [0.5, 0.6) is 0 Å². The average Bonchev–Trinajstić information content (AvgIpc) is 3.22. The molecule has 0 radical (unpaired) electrons. The monoisotopic (exact) mass is 489 g/mol. The topological polar surface area (TPSA) is 77.1 Å². The van der Waals surface area contributed by atoms with Crippen molar-refractivity contribution in [2.75, 3.05) is 36.0 Å². The van der Waals surface area contributed by atoms with Gasteiger partial charge in [0.1, 0.15) is 5.54 Å². The highest BCUT2D eigenvalue weighted by Gasteiger charge is 2.52. The van der Waals surface area contributed by atoms with Crippen molar-refractivity contribution in [3.05, 3.63) is 53.9 Å². The third kappa shape index (κ3) is 4.17. The van der Waals surface area contributed by atoms with Crippen LogP contribution in [0.3, 0.4) is 0 Å². The Labute approximate surface area is 212 Å². The molecular weight excluding hydrogens is 454 g/mol. The van der Waals surface area contributed by atoms with Gasteiger partial charge >= 0.3 is 6.03 Å². The van der Waals surface area contributed by atoms with Crippen LogP contribution < -0.4 is 9.80 Å². The first-order valence-electron chi connectivity index (χ1n) is 12.8. The molecule has 0 saturated carbocycles. The molecule has 0 bridgehead atoms. The van der Waals surface area contributed by atoms with E-state index < -0.39 is 5.54 Å². The first-order chi connectivity index (χ1) is 17.1. The Kier molecular flexibility index (Phi) is 6.11. The number of carbonyl (C=O) groups excluding carboxylic acids is 3. The van der Waals surface area contributed by atoms with Crippen molar-refractivity contribution in [2.24, 2.45) is 0 Å². The number of urea groups is 1. The summed E-state index contributed by atoms with van der Waals surface area (Å²) < 4.78 is 0. The van der Waals surface area contributed by atoms with Gasteiger partial charge in [-0.3, -0.25) is 19.5 Å². The number of amides is 4. The molecule has 0 spiro atoms. The molecule has 0 atom stereocenters. The van der Waals surface area contributed by atoms with Crippen LogP contribution in [0.2, 0.25) is 0 Å². The van der Waals surface area contributed by atoms with Crippen molar-refractivity contribution in [1.29, 1.82) is 0 Å². The minimum Gasteiger partial charge on any atom is -0.310 e. The van der Waals surface area contributed by atoms with Gasteiger partial charge in [-0.25, -0.2) is 9.69 Å². The van der Waals surface area contributed by atoms with Gasteiger partial charge in [0.05, 0.1) is 12.2 Å². The molecule has 2 aromatic rings. The van der Waals surface area contributed by atoms with Gasteiger partial charge in [-0.15, -0.1) is 0 Å². The maximum Gasteiger partial charge on any atom is 0.332 e. The summed E-state index contributed by atoms with van der Waals surface area (Å²) in [7, 11) is 0. The van der Waals surface area contributed by atoms with Crippen molar-refractivity contribution in [3.8, 4) is 0 Å². The number of imide groups is 1. The van der Waals surface area contributed by atoms with Crippen molar-refractivity contribution in [2.45, 2.75) is 64.5 Å². The molecular formula is C28H35N5O3. The van der Waals surface area contributed by atoms with Crippen molar-refractivity contribution in [1.82, 2.24) is 14.8 Å². The second-order valence-electron chi connectivity index (χ2n) is 11.3. The van der Waals surface area contributed by atoms with Gasteiger partial charge in [0.25, 0.3) is 5.91 Å². The number of anilines is 2. The Balaban J connectivity index is 1.44. The van der Waals surface area contributed by atoms with Crippen LogP contribution in [0.4, 0.5) is 16.2 Å². The summed E-state index contributed by atoms with van der Waals surface area (Å²) in [4.78, 5) is 51.5. The lowest BCUT2D eigenvalue weighted by molar-refractivity contribution is -0.123. The van der Waals surface area contributed by atoms with E-state index in [2.05, 4.69) is 23.7 Å². The quantitative estimate of drug-likeness (QED) is 0.595. The predicted octanol–water partition coefficient (Wildman–Crippen LogP) is 3.94. The molecule has 4 heterocycles. The summed E-state index contributed by atoms with van der Waals surface area (Å²) in [5.41, 5.74) is 2.06. The number of hydrogen-bond donors (Lipinski definition) is 0. The van der Waals surface area contributed by atoms with Gasteiger partial charge < -0.3 is 9.80 Å². The number of carbonyl (C=O) groups is 3. The van der Waals surface area contributed by atoms with E-state index in [1.165, 1.54) is 11.3 Å². The SMILES string of the molecule is CC1(C)CN(C(=O)CN2CCCCC2)c2cc(N3C(=O)N(Cc4ccncc4)C(C)(C)C3=O)ccc21. The Morgan fingerprint density at radius 3 is 2.36 bits per heavy atom. The molecule has 0 unspecified atom stereocenters. The number of piperidine rings is 1. The fraction of sp³-hybridized carbons (Fsp3) is 0.500. The van der Waals surface area contributed by atoms with E-state index in [0.29, 0.717) is 25.3 Å². The van der Waals surface area contributed by atoms with Gasteiger partial charge in [0.2, 0.25) is 5.91 Å². The van der Waals surface area contributed by atoms with Gasteiger partial charge in [0.15, 0.2) is 0 Å².